The zero-order chi connectivity index (χ0) is 14.5. The predicted octanol–water partition coefficient (Wildman–Crippen LogP) is 0.796. The van der Waals surface area contributed by atoms with Crippen molar-refractivity contribution < 1.29 is 14.7 Å². The van der Waals surface area contributed by atoms with E-state index in [-0.39, 0.29) is 17.9 Å². The number of amides is 1. The zero-order valence-corrected chi connectivity index (χ0v) is 11.5. The summed E-state index contributed by atoms with van der Waals surface area (Å²) < 4.78 is 0. The number of carboxylic acid groups (broad SMARTS) is 1. The van der Waals surface area contributed by atoms with E-state index in [0.717, 1.165) is 18.5 Å². The molecule has 1 saturated heterocycles. The number of rotatable bonds is 5. The first-order valence-electron chi connectivity index (χ1n) is 6.88. The highest BCUT2D eigenvalue weighted by Gasteiger charge is 2.31. The van der Waals surface area contributed by atoms with Crippen molar-refractivity contribution >= 4 is 11.9 Å². The lowest BCUT2D eigenvalue weighted by Gasteiger charge is -2.20. The molecule has 2 unspecified atom stereocenters. The lowest BCUT2D eigenvalue weighted by atomic mass is 10.0. The molecule has 1 amide bonds. The summed E-state index contributed by atoms with van der Waals surface area (Å²) in [5.41, 5.74) is 0.896. The van der Waals surface area contributed by atoms with Crippen LogP contribution in [0.1, 0.15) is 18.9 Å². The molecule has 0 radical (unpaired) electrons. The van der Waals surface area contributed by atoms with E-state index < -0.39 is 12.0 Å². The van der Waals surface area contributed by atoms with Crippen molar-refractivity contribution in [3.8, 4) is 0 Å². The number of carbonyl (C=O) groups is 2. The van der Waals surface area contributed by atoms with Gasteiger partial charge in [0.1, 0.15) is 6.04 Å². The molecule has 20 heavy (non-hydrogen) atoms. The van der Waals surface area contributed by atoms with Crippen LogP contribution in [0.4, 0.5) is 0 Å². The molecule has 1 aliphatic rings. The summed E-state index contributed by atoms with van der Waals surface area (Å²) in [5, 5.41) is 15.0. The third-order valence-corrected chi connectivity index (χ3v) is 3.71. The maximum absolute atomic E-state index is 12.1. The summed E-state index contributed by atoms with van der Waals surface area (Å²) in [4.78, 5) is 23.4. The smallest absolute Gasteiger partial charge is 0.326 e. The highest BCUT2D eigenvalue weighted by Crippen LogP contribution is 2.14. The molecule has 1 aromatic rings. The zero-order valence-electron chi connectivity index (χ0n) is 11.5. The van der Waals surface area contributed by atoms with E-state index in [0.29, 0.717) is 6.42 Å². The maximum atomic E-state index is 12.1. The van der Waals surface area contributed by atoms with Gasteiger partial charge in [0.2, 0.25) is 5.91 Å². The summed E-state index contributed by atoms with van der Waals surface area (Å²) in [6, 6.07) is 8.14. The van der Waals surface area contributed by atoms with Crippen molar-refractivity contribution in [2.24, 2.45) is 5.92 Å². The van der Waals surface area contributed by atoms with Crippen molar-refractivity contribution in [1.82, 2.24) is 10.6 Å². The Balaban J connectivity index is 1.99. The fraction of sp³-hybridized carbons (Fsp3) is 0.467. The molecule has 108 valence electrons. The lowest BCUT2D eigenvalue weighted by Crippen LogP contribution is -2.50. The topological polar surface area (TPSA) is 78.4 Å². The third kappa shape index (κ3) is 3.57. The van der Waals surface area contributed by atoms with Crippen molar-refractivity contribution in [3.63, 3.8) is 0 Å². The van der Waals surface area contributed by atoms with Crippen LogP contribution in [-0.4, -0.2) is 35.6 Å². The first-order valence-corrected chi connectivity index (χ1v) is 6.88. The van der Waals surface area contributed by atoms with Gasteiger partial charge in [-0.25, -0.2) is 4.79 Å². The van der Waals surface area contributed by atoms with Crippen LogP contribution in [0.2, 0.25) is 0 Å². The van der Waals surface area contributed by atoms with E-state index in [1.165, 1.54) is 0 Å². The summed E-state index contributed by atoms with van der Waals surface area (Å²) in [5.74, 6) is -0.993. The molecular formula is C15H20N2O3. The SMILES string of the molecule is CC1CCNC1C(=O)N[C@@H](Cc1ccccc1)C(=O)O. The quantitative estimate of drug-likeness (QED) is 0.743. The Kier molecular flexibility index (Phi) is 4.74. The Morgan fingerprint density at radius 1 is 1.40 bits per heavy atom. The first kappa shape index (κ1) is 14.5. The molecule has 1 heterocycles. The van der Waals surface area contributed by atoms with Crippen LogP contribution in [0.5, 0.6) is 0 Å². The van der Waals surface area contributed by atoms with Gasteiger partial charge in [0, 0.05) is 6.42 Å². The van der Waals surface area contributed by atoms with Gasteiger partial charge in [0.05, 0.1) is 6.04 Å². The van der Waals surface area contributed by atoms with Gasteiger partial charge in [-0.1, -0.05) is 37.3 Å². The molecule has 0 saturated carbocycles. The maximum Gasteiger partial charge on any atom is 0.326 e. The molecule has 0 aromatic heterocycles. The van der Waals surface area contributed by atoms with E-state index in [4.69, 9.17) is 0 Å². The van der Waals surface area contributed by atoms with E-state index in [1.54, 1.807) is 0 Å². The van der Waals surface area contributed by atoms with E-state index >= 15 is 0 Å². The van der Waals surface area contributed by atoms with Gasteiger partial charge in [-0.3, -0.25) is 4.79 Å². The lowest BCUT2D eigenvalue weighted by molar-refractivity contribution is -0.142. The second kappa shape index (κ2) is 6.52. The molecule has 3 atom stereocenters. The number of benzene rings is 1. The molecule has 5 heteroatoms. The Morgan fingerprint density at radius 2 is 2.10 bits per heavy atom. The number of carbonyl (C=O) groups excluding carboxylic acids is 1. The average molecular weight is 276 g/mol. The van der Waals surface area contributed by atoms with Crippen molar-refractivity contribution in [2.45, 2.75) is 31.8 Å². The summed E-state index contributed by atoms with van der Waals surface area (Å²) >= 11 is 0. The Morgan fingerprint density at radius 3 is 2.65 bits per heavy atom. The molecule has 0 spiro atoms. The fourth-order valence-corrected chi connectivity index (χ4v) is 2.50. The molecular weight excluding hydrogens is 256 g/mol. The minimum absolute atomic E-state index is 0.224. The van der Waals surface area contributed by atoms with Crippen LogP contribution in [0.25, 0.3) is 0 Å². The van der Waals surface area contributed by atoms with Crippen LogP contribution in [0.15, 0.2) is 30.3 Å². The number of hydrogen-bond acceptors (Lipinski definition) is 3. The Bertz CT molecular complexity index is 475. The van der Waals surface area contributed by atoms with E-state index in [9.17, 15) is 14.7 Å². The van der Waals surface area contributed by atoms with Gasteiger partial charge < -0.3 is 15.7 Å². The molecule has 0 aliphatic carbocycles. The highest BCUT2D eigenvalue weighted by molar-refractivity contribution is 5.87. The summed E-state index contributed by atoms with van der Waals surface area (Å²) in [6.07, 6.45) is 1.23. The second-order valence-corrected chi connectivity index (χ2v) is 5.29. The molecule has 5 nitrogen and oxygen atoms in total. The average Bonchev–Trinajstić information content (AvgIpc) is 2.85. The van der Waals surface area contributed by atoms with Gasteiger partial charge in [-0.15, -0.1) is 0 Å². The highest BCUT2D eigenvalue weighted by atomic mass is 16.4. The van der Waals surface area contributed by atoms with E-state index in [1.807, 2.05) is 37.3 Å². The van der Waals surface area contributed by atoms with Crippen molar-refractivity contribution in [1.29, 1.82) is 0 Å². The van der Waals surface area contributed by atoms with Gasteiger partial charge >= 0.3 is 5.97 Å². The first-order chi connectivity index (χ1) is 9.58. The van der Waals surface area contributed by atoms with Crippen LogP contribution < -0.4 is 10.6 Å². The fourth-order valence-electron chi connectivity index (χ4n) is 2.50. The monoisotopic (exact) mass is 276 g/mol. The molecule has 0 bridgehead atoms. The molecule has 1 fully saturated rings. The predicted molar refractivity (Wildman–Crippen MR) is 75.3 cm³/mol. The Hall–Kier alpha value is -1.88. The van der Waals surface area contributed by atoms with Crippen LogP contribution in [-0.2, 0) is 16.0 Å². The Labute approximate surface area is 118 Å². The largest absolute Gasteiger partial charge is 0.480 e. The summed E-state index contributed by atoms with van der Waals surface area (Å²) in [7, 11) is 0. The second-order valence-electron chi connectivity index (χ2n) is 5.29. The van der Waals surface area contributed by atoms with Gasteiger partial charge in [-0.2, -0.15) is 0 Å². The number of nitrogens with one attached hydrogen (secondary N) is 2. The molecule has 2 rings (SSSR count). The molecule has 1 aliphatic heterocycles. The van der Waals surface area contributed by atoms with E-state index in [2.05, 4.69) is 10.6 Å². The number of carboxylic acids is 1. The van der Waals surface area contributed by atoms with Gasteiger partial charge in [0.15, 0.2) is 0 Å². The minimum Gasteiger partial charge on any atom is -0.480 e. The van der Waals surface area contributed by atoms with Gasteiger partial charge in [0.25, 0.3) is 0 Å². The number of aliphatic carboxylic acids is 1. The third-order valence-electron chi connectivity index (χ3n) is 3.71. The minimum atomic E-state index is -1.01. The standard InChI is InChI=1S/C15H20N2O3/c1-10-7-8-16-13(10)14(18)17-12(15(19)20)9-11-5-3-2-4-6-11/h2-6,10,12-13,16H,7-9H2,1H3,(H,17,18)(H,19,20)/t10?,12-,13?/m0/s1. The number of hydrogen-bond donors (Lipinski definition) is 3. The van der Waals surface area contributed by atoms with Crippen LogP contribution in [0.3, 0.4) is 0 Å². The molecule has 3 N–H and O–H groups in total. The summed E-state index contributed by atoms with van der Waals surface area (Å²) in [6.45, 7) is 2.80. The van der Waals surface area contributed by atoms with Crippen LogP contribution in [0, 0.1) is 5.92 Å². The van der Waals surface area contributed by atoms with Crippen molar-refractivity contribution in [2.75, 3.05) is 6.54 Å². The van der Waals surface area contributed by atoms with Gasteiger partial charge in [-0.05, 0) is 24.4 Å². The molecule has 1 aromatic carbocycles. The van der Waals surface area contributed by atoms with Crippen LogP contribution >= 0.6 is 0 Å². The van der Waals surface area contributed by atoms with Crippen molar-refractivity contribution in [3.05, 3.63) is 35.9 Å². The normalized spacial score (nSPS) is 23.2.